The Morgan fingerprint density at radius 3 is 2.25 bits per heavy atom. The van der Waals surface area contributed by atoms with Crippen molar-refractivity contribution in [2.24, 2.45) is 17.8 Å². The summed E-state index contributed by atoms with van der Waals surface area (Å²) in [5, 5.41) is 27.9. The van der Waals surface area contributed by atoms with Gasteiger partial charge >= 0.3 is 11.9 Å². The number of ether oxygens (including phenoxy) is 2. The number of hydrogen-bond acceptors (Lipinski definition) is 5. The number of rotatable bonds is 10. The summed E-state index contributed by atoms with van der Waals surface area (Å²) in [5.41, 5.74) is 1.67. The zero-order valence-electron chi connectivity index (χ0n) is 22.1. The Balaban J connectivity index is 2.01. The minimum atomic E-state index is -1.03. The van der Waals surface area contributed by atoms with Gasteiger partial charge < -0.3 is 24.8 Å². The molecule has 0 aromatic rings. The van der Waals surface area contributed by atoms with Crippen LogP contribution in [0.15, 0.2) is 59.8 Å². The molecule has 0 aromatic carbocycles. The molecule has 3 N–H and O–H groups in total. The first-order valence-electron chi connectivity index (χ1n) is 12.8. The van der Waals surface area contributed by atoms with E-state index in [2.05, 4.69) is 19.9 Å². The molecule has 0 aromatic heterocycles. The molecule has 2 heterocycles. The van der Waals surface area contributed by atoms with Crippen LogP contribution in [0.5, 0.6) is 0 Å². The molecule has 2 aliphatic heterocycles. The molecule has 7 nitrogen and oxygen atoms in total. The van der Waals surface area contributed by atoms with E-state index in [1.54, 1.807) is 19.9 Å². The summed E-state index contributed by atoms with van der Waals surface area (Å²) in [5.74, 6) is -2.22. The van der Waals surface area contributed by atoms with Crippen molar-refractivity contribution in [1.29, 1.82) is 0 Å². The highest BCUT2D eigenvalue weighted by atomic mass is 16.7. The van der Waals surface area contributed by atoms with Crippen molar-refractivity contribution < 1.29 is 34.4 Å². The fourth-order valence-corrected chi connectivity index (χ4v) is 4.53. The first-order valence-corrected chi connectivity index (χ1v) is 12.8. The smallest absolute Gasteiger partial charge is 0.328 e. The summed E-state index contributed by atoms with van der Waals surface area (Å²) in [7, 11) is 0. The monoisotopic (exact) mass is 502 g/mol. The third kappa shape index (κ3) is 9.52. The maximum atomic E-state index is 10.9. The van der Waals surface area contributed by atoms with Gasteiger partial charge in [0, 0.05) is 30.9 Å². The van der Waals surface area contributed by atoms with Gasteiger partial charge in [0.1, 0.15) is 0 Å². The van der Waals surface area contributed by atoms with E-state index in [9.17, 15) is 14.7 Å². The summed E-state index contributed by atoms with van der Waals surface area (Å²) < 4.78 is 13.1. The molecule has 2 rings (SSSR count). The van der Waals surface area contributed by atoms with E-state index in [1.165, 1.54) is 12.2 Å². The van der Waals surface area contributed by atoms with Gasteiger partial charge in [0.05, 0.1) is 18.3 Å². The molecule has 0 radical (unpaired) electrons. The topological polar surface area (TPSA) is 113 Å². The number of carboxylic acids is 2. The number of aliphatic carboxylic acids is 2. The average molecular weight is 503 g/mol. The molecular formula is C29H42O7. The van der Waals surface area contributed by atoms with E-state index < -0.39 is 23.8 Å². The van der Waals surface area contributed by atoms with Crippen LogP contribution in [0.25, 0.3) is 0 Å². The van der Waals surface area contributed by atoms with E-state index in [-0.39, 0.29) is 18.1 Å². The zero-order valence-corrected chi connectivity index (χ0v) is 22.1. The minimum Gasteiger partial charge on any atom is -0.478 e. The van der Waals surface area contributed by atoms with Crippen molar-refractivity contribution in [2.75, 3.05) is 0 Å². The van der Waals surface area contributed by atoms with Gasteiger partial charge in [0.25, 0.3) is 0 Å². The lowest BCUT2D eigenvalue weighted by atomic mass is 9.83. The maximum Gasteiger partial charge on any atom is 0.328 e. The summed E-state index contributed by atoms with van der Waals surface area (Å²) in [6.07, 6.45) is 16.6. The number of aliphatic hydroxyl groups is 1. The molecule has 0 aliphatic carbocycles. The average Bonchev–Trinajstić information content (AvgIpc) is 2.81. The summed E-state index contributed by atoms with van der Waals surface area (Å²) in [6.45, 7) is 9.84. The third-order valence-electron chi connectivity index (χ3n) is 7.08. The molecule has 0 bridgehead atoms. The van der Waals surface area contributed by atoms with Crippen molar-refractivity contribution in [3.8, 4) is 0 Å². The second kappa shape index (κ2) is 13.7. The third-order valence-corrected chi connectivity index (χ3v) is 7.08. The van der Waals surface area contributed by atoms with E-state index in [1.807, 2.05) is 25.2 Å². The van der Waals surface area contributed by atoms with Crippen molar-refractivity contribution in [3.63, 3.8) is 0 Å². The largest absolute Gasteiger partial charge is 0.478 e. The first-order chi connectivity index (χ1) is 16.9. The Morgan fingerprint density at radius 2 is 1.61 bits per heavy atom. The lowest BCUT2D eigenvalue weighted by Gasteiger charge is -2.49. The fourth-order valence-electron chi connectivity index (χ4n) is 4.53. The number of allylic oxidation sites excluding steroid dienone is 4. The molecular weight excluding hydrogens is 460 g/mol. The molecule has 0 amide bonds. The molecule has 7 heteroatoms. The van der Waals surface area contributed by atoms with Crippen molar-refractivity contribution in [3.05, 3.63) is 59.8 Å². The Labute approximate surface area is 214 Å². The van der Waals surface area contributed by atoms with Gasteiger partial charge in [-0.2, -0.15) is 0 Å². The molecule has 200 valence electrons. The lowest BCUT2D eigenvalue weighted by molar-refractivity contribution is -0.323. The Morgan fingerprint density at radius 1 is 0.944 bits per heavy atom. The van der Waals surface area contributed by atoms with Crippen LogP contribution in [0.4, 0.5) is 0 Å². The van der Waals surface area contributed by atoms with Gasteiger partial charge in [0.2, 0.25) is 0 Å². The number of aliphatic hydroxyl groups excluding tert-OH is 1. The second-order valence-corrected chi connectivity index (χ2v) is 10.4. The van der Waals surface area contributed by atoms with Gasteiger partial charge in [0.15, 0.2) is 5.79 Å². The van der Waals surface area contributed by atoms with Crippen molar-refractivity contribution >= 4 is 11.9 Å². The van der Waals surface area contributed by atoms with E-state index >= 15 is 0 Å². The minimum absolute atomic E-state index is 0.0103. The normalized spacial score (nSPS) is 31.9. The molecule has 2 aliphatic rings. The Hall–Kier alpha value is -2.48. The van der Waals surface area contributed by atoms with Gasteiger partial charge in [-0.25, -0.2) is 9.59 Å². The highest BCUT2D eigenvalue weighted by molar-refractivity contribution is 5.81. The molecule has 0 saturated carbocycles. The standard InChI is InChI=1S/C29H42O7/c1-19(6-10-24(30)21(3)9-13-27(31)32)7-11-25-22(4)14-16-29(35-25)17-15-23(5)26(36-29)12-8-20(2)18-28(33)34/h6-10,12-13,18,21-26,30H,11,14-17H2,1-5H3,(H,31,32)(H,33,34)/b10-6+,12-8+,13-9+,19-7+,20-18+/t21-,22?,23-,24-,25?,26-,29?/m0/s1. The van der Waals surface area contributed by atoms with Gasteiger partial charge in [-0.3, -0.25) is 0 Å². The first kappa shape index (κ1) is 29.7. The van der Waals surface area contributed by atoms with E-state index in [0.29, 0.717) is 17.4 Å². The molecule has 36 heavy (non-hydrogen) atoms. The number of hydrogen-bond donors (Lipinski definition) is 3. The predicted molar refractivity (Wildman–Crippen MR) is 139 cm³/mol. The summed E-state index contributed by atoms with van der Waals surface area (Å²) in [6, 6.07) is 0. The molecule has 3 unspecified atom stereocenters. The van der Waals surface area contributed by atoms with Gasteiger partial charge in [-0.1, -0.05) is 62.8 Å². The van der Waals surface area contributed by atoms with Crippen LogP contribution in [0, 0.1) is 17.8 Å². The molecule has 7 atom stereocenters. The number of carboxylic acid groups (broad SMARTS) is 2. The SMILES string of the molecule is CC(/C=C/[C@H](O)[C@@H](C)/C=C/C(=O)O)=C\CC1OC2(CCC1C)CC[C@H](C)[C@H](/C=C/C(C)=C/C(=O)O)O2. The van der Waals surface area contributed by atoms with Gasteiger partial charge in [-0.15, -0.1) is 0 Å². The van der Waals surface area contributed by atoms with E-state index in [0.717, 1.165) is 43.8 Å². The van der Waals surface area contributed by atoms with Crippen LogP contribution in [0.2, 0.25) is 0 Å². The molecule has 1 spiro atoms. The quantitative estimate of drug-likeness (QED) is 0.270. The summed E-state index contributed by atoms with van der Waals surface area (Å²) in [4.78, 5) is 21.5. The van der Waals surface area contributed by atoms with Crippen LogP contribution >= 0.6 is 0 Å². The zero-order chi connectivity index (χ0) is 26.9. The highest BCUT2D eigenvalue weighted by Gasteiger charge is 2.45. The molecule has 2 fully saturated rings. The number of carbonyl (C=O) groups is 2. The van der Waals surface area contributed by atoms with Gasteiger partial charge in [-0.05, 0) is 50.5 Å². The lowest BCUT2D eigenvalue weighted by Crippen LogP contribution is -2.51. The molecule has 2 saturated heterocycles. The predicted octanol–water partition coefficient (Wildman–Crippen LogP) is 5.43. The van der Waals surface area contributed by atoms with Crippen LogP contribution in [-0.2, 0) is 19.1 Å². The van der Waals surface area contributed by atoms with E-state index in [4.69, 9.17) is 19.7 Å². The Bertz CT molecular complexity index is 909. The van der Waals surface area contributed by atoms with Crippen LogP contribution in [0.1, 0.15) is 66.7 Å². The van der Waals surface area contributed by atoms with Crippen molar-refractivity contribution in [2.45, 2.75) is 90.8 Å². The van der Waals surface area contributed by atoms with Crippen LogP contribution < -0.4 is 0 Å². The second-order valence-electron chi connectivity index (χ2n) is 10.4. The van der Waals surface area contributed by atoms with Crippen LogP contribution in [0.3, 0.4) is 0 Å². The fraction of sp³-hybridized carbons (Fsp3) is 0.586. The maximum absolute atomic E-state index is 10.9. The van der Waals surface area contributed by atoms with Crippen LogP contribution in [-0.4, -0.2) is 51.4 Å². The van der Waals surface area contributed by atoms with Crippen molar-refractivity contribution in [1.82, 2.24) is 0 Å². The summed E-state index contributed by atoms with van der Waals surface area (Å²) >= 11 is 0. The Kier molecular flexibility index (Phi) is 11.3. The highest BCUT2D eigenvalue weighted by Crippen LogP contribution is 2.43.